The third kappa shape index (κ3) is 4.44. The Labute approximate surface area is 129 Å². The van der Waals surface area contributed by atoms with E-state index in [1.807, 2.05) is 26.1 Å². The summed E-state index contributed by atoms with van der Waals surface area (Å²) >= 11 is 0. The maximum atomic E-state index is 5.39. The molecule has 0 bridgehead atoms. The van der Waals surface area contributed by atoms with Gasteiger partial charge in [0.2, 0.25) is 5.88 Å². The first-order chi connectivity index (χ1) is 10.7. The Kier molecular flexibility index (Phi) is 5.70. The zero-order valence-corrected chi connectivity index (χ0v) is 13.1. The molecule has 0 fully saturated rings. The fourth-order valence-corrected chi connectivity index (χ4v) is 1.84. The van der Waals surface area contributed by atoms with Gasteiger partial charge in [-0.05, 0) is 18.6 Å². The van der Waals surface area contributed by atoms with Crippen molar-refractivity contribution in [3.05, 3.63) is 36.0 Å². The van der Waals surface area contributed by atoms with Crippen LogP contribution in [0.1, 0.15) is 18.3 Å². The average Bonchev–Trinajstić information content (AvgIpc) is 2.93. The Morgan fingerprint density at radius 2 is 2.14 bits per heavy atom. The fraction of sp³-hybridized carbons (Fsp3) is 0.429. The molecular formula is C14H21N7O. The van der Waals surface area contributed by atoms with Crippen molar-refractivity contribution in [3.63, 3.8) is 0 Å². The number of rotatable bonds is 6. The second kappa shape index (κ2) is 7.96. The van der Waals surface area contributed by atoms with Crippen LogP contribution in [0.3, 0.4) is 0 Å². The highest BCUT2D eigenvalue weighted by molar-refractivity contribution is 5.79. The van der Waals surface area contributed by atoms with E-state index in [1.165, 1.54) is 6.33 Å². The van der Waals surface area contributed by atoms with Crippen LogP contribution >= 0.6 is 0 Å². The first-order valence-electron chi connectivity index (χ1n) is 7.08. The topological polar surface area (TPSA) is 89.3 Å². The molecule has 2 N–H and O–H groups in total. The summed E-state index contributed by atoms with van der Waals surface area (Å²) in [6.45, 7) is 3.72. The summed E-state index contributed by atoms with van der Waals surface area (Å²) in [5.41, 5.74) is 1.07. The van der Waals surface area contributed by atoms with Gasteiger partial charge in [-0.15, -0.1) is 0 Å². The molecule has 22 heavy (non-hydrogen) atoms. The maximum Gasteiger partial charge on any atom is 0.213 e. The minimum absolute atomic E-state index is 0.552. The molecule has 2 aromatic rings. The molecule has 0 aliphatic carbocycles. The van der Waals surface area contributed by atoms with Crippen LogP contribution in [-0.4, -0.2) is 39.4 Å². The largest absolute Gasteiger partial charge is 0.478 e. The van der Waals surface area contributed by atoms with Gasteiger partial charge < -0.3 is 15.4 Å². The summed E-state index contributed by atoms with van der Waals surface area (Å²) in [6.07, 6.45) is 3.26. The van der Waals surface area contributed by atoms with E-state index < -0.39 is 0 Å². The smallest absolute Gasteiger partial charge is 0.213 e. The van der Waals surface area contributed by atoms with Crippen LogP contribution in [-0.2, 0) is 20.1 Å². The SMILES string of the molecule is CCOc1cc(CNC(=NC)NCc2ncnn2C)ccn1. The molecule has 118 valence electrons. The van der Waals surface area contributed by atoms with Crippen LogP contribution in [0, 0.1) is 0 Å². The quantitative estimate of drug-likeness (QED) is 0.596. The number of hydrogen-bond acceptors (Lipinski definition) is 5. The zero-order valence-electron chi connectivity index (χ0n) is 13.1. The van der Waals surface area contributed by atoms with Crippen LogP contribution in [0.15, 0.2) is 29.6 Å². The van der Waals surface area contributed by atoms with Crippen LogP contribution in [0.2, 0.25) is 0 Å². The van der Waals surface area contributed by atoms with E-state index in [0.29, 0.717) is 31.5 Å². The summed E-state index contributed by atoms with van der Waals surface area (Å²) in [7, 11) is 3.58. The van der Waals surface area contributed by atoms with Gasteiger partial charge in [-0.3, -0.25) is 9.67 Å². The predicted octanol–water partition coefficient (Wildman–Crippen LogP) is 0.474. The maximum absolute atomic E-state index is 5.39. The molecule has 0 aromatic carbocycles. The van der Waals surface area contributed by atoms with E-state index in [0.717, 1.165) is 11.4 Å². The van der Waals surface area contributed by atoms with Crippen molar-refractivity contribution >= 4 is 5.96 Å². The Morgan fingerprint density at radius 3 is 2.82 bits per heavy atom. The van der Waals surface area contributed by atoms with Gasteiger partial charge in [0.05, 0.1) is 13.2 Å². The second-order valence-corrected chi connectivity index (χ2v) is 4.51. The lowest BCUT2D eigenvalue weighted by molar-refractivity contribution is 0.326. The number of aryl methyl sites for hydroxylation is 1. The summed E-state index contributed by atoms with van der Waals surface area (Å²) in [4.78, 5) is 12.5. The molecular weight excluding hydrogens is 282 g/mol. The zero-order chi connectivity index (χ0) is 15.8. The average molecular weight is 303 g/mol. The number of aliphatic imine (C=N–C) groups is 1. The van der Waals surface area contributed by atoms with Crippen molar-refractivity contribution in [1.29, 1.82) is 0 Å². The highest BCUT2D eigenvalue weighted by Crippen LogP contribution is 2.08. The highest BCUT2D eigenvalue weighted by Gasteiger charge is 2.03. The number of guanidine groups is 1. The fourth-order valence-electron chi connectivity index (χ4n) is 1.84. The molecule has 8 heteroatoms. The molecule has 0 saturated heterocycles. The van der Waals surface area contributed by atoms with E-state index in [9.17, 15) is 0 Å². The van der Waals surface area contributed by atoms with Crippen molar-refractivity contribution in [1.82, 2.24) is 30.4 Å². The molecule has 0 saturated carbocycles. The lowest BCUT2D eigenvalue weighted by Crippen LogP contribution is -2.36. The summed E-state index contributed by atoms with van der Waals surface area (Å²) < 4.78 is 7.11. The van der Waals surface area contributed by atoms with E-state index in [2.05, 4.69) is 30.7 Å². The van der Waals surface area contributed by atoms with Crippen molar-refractivity contribution in [2.45, 2.75) is 20.0 Å². The minimum atomic E-state index is 0.552. The van der Waals surface area contributed by atoms with Crippen molar-refractivity contribution < 1.29 is 4.74 Å². The first-order valence-corrected chi connectivity index (χ1v) is 7.08. The highest BCUT2D eigenvalue weighted by atomic mass is 16.5. The Hall–Kier alpha value is -2.64. The predicted molar refractivity (Wildman–Crippen MR) is 83.4 cm³/mol. The van der Waals surface area contributed by atoms with E-state index in [4.69, 9.17) is 4.74 Å². The Balaban J connectivity index is 1.86. The lowest BCUT2D eigenvalue weighted by atomic mass is 10.2. The molecule has 2 rings (SSSR count). The van der Waals surface area contributed by atoms with Gasteiger partial charge in [-0.1, -0.05) is 0 Å². The number of pyridine rings is 1. The monoisotopic (exact) mass is 303 g/mol. The van der Waals surface area contributed by atoms with Gasteiger partial charge in [0, 0.05) is 32.9 Å². The Morgan fingerprint density at radius 1 is 1.32 bits per heavy atom. The molecule has 0 radical (unpaired) electrons. The number of aromatic nitrogens is 4. The second-order valence-electron chi connectivity index (χ2n) is 4.51. The molecule has 0 unspecified atom stereocenters. The third-order valence-corrected chi connectivity index (χ3v) is 2.99. The number of ether oxygens (including phenoxy) is 1. The third-order valence-electron chi connectivity index (χ3n) is 2.99. The van der Waals surface area contributed by atoms with E-state index in [1.54, 1.807) is 17.9 Å². The lowest BCUT2D eigenvalue weighted by Gasteiger charge is -2.12. The van der Waals surface area contributed by atoms with E-state index in [-0.39, 0.29) is 0 Å². The van der Waals surface area contributed by atoms with Crippen molar-refractivity contribution in [3.8, 4) is 5.88 Å². The summed E-state index contributed by atoms with van der Waals surface area (Å²) in [5.74, 6) is 2.16. The molecule has 0 atom stereocenters. The van der Waals surface area contributed by atoms with Crippen molar-refractivity contribution in [2.75, 3.05) is 13.7 Å². The van der Waals surface area contributed by atoms with Crippen LogP contribution in [0.5, 0.6) is 5.88 Å². The summed E-state index contributed by atoms with van der Waals surface area (Å²) in [5, 5.41) is 10.5. The number of nitrogens with zero attached hydrogens (tertiary/aromatic N) is 5. The van der Waals surface area contributed by atoms with Gasteiger partial charge in [-0.25, -0.2) is 9.97 Å². The van der Waals surface area contributed by atoms with Crippen LogP contribution < -0.4 is 15.4 Å². The van der Waals surface area contributed by atoms with Crippen LogP contribution in [0.4, 0.5) is 0 Å². The number of hydrogen-bond donors (Lipinski definition) is 2. The van der Waals surface area contributed by atoms with Gasteiger partial charge >= 0.3 is 0 Å². The van der Waals surface area contributed by atoms with E-state index >= 15 is 0 Å². The van der Waals surface area contributed by atoms with Crippen molar-refractivity contribution in [2.24, 2.45) is 12.0 Å². The molecule has 0 amide bonds. The standard InChI is InChI=1S/C14H21N7O/c1-4-22-13-7-11(5-6-16-13)8-17-14(15-2)18-9-12-19-10-20-21(12)3/h5-7,10H,4,8-9H2,1-3H3,(H2,15,17,18). The van der Waals surface area contributed by atoms with Gasteiger partial charge in [-0.2, -0.15) is 5.10 Å². The normalized spacial score (nSPS) is 11.3. The molecule has 8 nitrogen and oxygen atoms in total. The van der Waals surface area contributed by atoms with Gasteiger partial charge in [0.15, 0.2) is 5.96 Å². The number of nitrogens with one attached hydrogen (secondary N) is 2. The Bertz CT molecular complexity index is 623. The molecule has 0 aliphatic rings. The minimum Gasteiger partial charge on any atom is -0.478 e. The molecule has 2 heterocycles. The van der Waals surface area contributed by atoms with Gasteiger partial charge in [0.1, 0.15) is 12.2 Å². The molecule has 0 spiro atoms. The van der Waals surface area contributed by atoms with Crippen LogP contribution in [0.25, 0.3) is 0 Å². The molecule has 2 aromatic heterocycles. The summed E-state index contributed by atoms with van der Waals surface area (Å²) in [6, 6.07) is 3.85. The van der Waals surface area contributed by atoms with Gasteiger partial charge in [0.25, 0.3) is 0 Å². The first kappa shape index (κ1) is 15.7. The molecule has 0 aliphatic heterocycles.